The summed E-state index contributed by atoms with van der Waals surface area (Å²) in [5, 5.41) is 9.88. The van der Waals surface area contributed by atoms with Crippen LogP contribution in [0.2, 0.25) is 5.02 Å². The van der Waals surface area contributed by atoms with Gasteiger partial charge in [-0.2, -0.15) is 0 Å². The predicted molar refractivity (Wildman–Crippen MR) is 61.9 cm³/mol. The van der Waals surface area contributed by atoms with Crippen molar-refractivity contribution in [3.8, 4) is 0 Å². The maximum Gasteiger partial charge on any atom is 0.147 e. The fourth-order valence-corrected chi connectivity index (χ4v) is 1.77. The van der Waals surface area contributed by atoms with Crippen molar-refractivity contribution >= 4 is 11.6 Å². The Kier molecular flexibility index (Phi) is 3.41. The smallest absolute Gasteiger partial charge is 0.147 e. The van der Waals surface area contributed by atoms with E-state index in [4.69, 9.17) is 11.6 Å². The van der Waals surface area contributed by atoms with Crippen LogP contribution in [0.3, 0.4) is 0 Å². The number of benzene rings is 2. The molecule has 0 aliphatic rings. The first kappa shape index (κ1) is 12.0. The lowest BCUT2D eigenvalue weighted by Gasteiger charge is -2.13. The number of hydrogen-bond acceptors (Lipinski definition) is 1. The quantitative estimate of drug-likeness (QED) is 0.866. The van der Waals surface area contributed by atoms with Crippen molar-refractivity contribution < 1.29 is 13.9 Å². The number of rotatable bonds is 2. The first-order valence-corrected chi connectivity index (χ1v) is 5.35. The summed E-state index contributed by atoms with van der Waals surface area (Å²) in [7, 11) is 0. The minimum Gasteiger partial charge on any atom is -0.384 e. The molecule has 4 heteroatoms. The molecule has 0 spiro atoms. The highest BCUT2D eigenvalue weighted by atomic mass is 35.5. The molecule has 2 aromatic carbocycles. The average Bonchev–Trinajstić information content (AvgIpc) is 2.32. The van der Waals surface area contributed by atoms with Crippen LogP contribution in [0.25, 0.3) is 0 Å². The molecule has 1 atom stereocenters. The van der Waals surface area contributed by atoms with E-state index in [1.807, 2.05) is 0 Å². The Morgan fingerprint density at radius 3 is 2.47 bits per heavy atom. The Morgan fingerprint density at radius 1 is 1.06 bits per heavy atom. The van der Waals surface area contributed by atoms with Gasteiger partial charge in [-0.1, -0.05) is 35.9 Å². The third kappa shape index (κ3) is 2.46. The summed E-state index contributed by atoms with van der Waals surface area (Å²) < 4.78 is 26.6. The molecule has 0 aromatic heterocycles. The average molecular weight is 255 g/mol. The summed E-state index contributed by atoms with van der Waals surface area (Å²) >= 11 is 5.62. The molecular weight excluding hydrogens is 246 g/mol. The first-order valence-electron chi connectivity index (χ1n) is 4.97. The van der Waals surface area contributed by atoms with Crippen LogP contribution in [0.4, 0.5) is 8.78 Å². The van der Waals surface area contributed by atoms with E-state index >= 15 is 0 Å². The highest BCUT2D eigenvalue weighted by Gasteiger charge is 2.16. The van der Waals surface area contributed by atoms with Gasteiger partial charge in [-0.25, -0.2) is 8.78 Å². The van der Waals surface area contributed by atoms with Crippen LogP contribution in [0.15, 0.2) is 42.5 Å². The summed E-state index contributed by atoms with van der Waals surface area (Å²) in [5.41, 5.74) is 0.314. The topological polar surface area (TPSA) is 20.2 Å². The molecule has 0 fully saturated rings. The molecule has 0 amide bonds. The molecule has 0 saturated carbocycles. The Morgan fingerprint density at radius 2 is 1.76 bits per heavy atom. The molecule has 1 N–H and O–H groups in total. The molecule has 0 aliphatic heterocycles. The standard InChI is InChI=1S/C13H9ClF2O/c14-11-6-2-5-10(12(11)16)13(17)8-3-1-4-9(15)7-8/h1-7,13,17H. The zero-order chi connectivity index (χ0) is 12.4. The summed E-state index contributed by atoms with van der Waals surface area (Å²) in [6.45, 7) is 0. The normalized spacial score (nSPS) is 12.5. The van der Waals surface area contributed by atoms with Crippen LogP contribution >= 0.6 is 11.6 Å². The van der Waals surface area contributed by atoms with E-state index in [9.17, 15) is 13.9 Å². The van der Waals surface area contributed by atoms with Gasteiger partial charge in [0.2, 0.25) is 0 Å². The van der Waals surface area contributed by atoms with Gasteiger partial charge in [0.15, 0.2) is 0 Å². The van der Waals surface area contributed by atoms with E-state index in [2.05, 4.69) is 0 Å². The lowest BCUT2D eigenvalue weighted by molar-refractivity contribution is 0.214. The highest BCUT2D eigenvalue weighted by molar-refractivity contribution is 6.30. The van der Waals surface area contributed by atoms with E-state index in [0.717, 1.165) is 6.07 Å². The second-order valence-corrected chi connectivity index (χ2v) is 4.01. The van der Waals surface area contributed by atoms with Crippen LogP contribution in [0.1, 0.15) is 17.2 Å². The van der Waals surface area contributed by atoms with Crippen LogP contribution in [0.5, 0.6) is 0 Å². The number of aliphatic hydroxyl groups excluding tert-OH is 1. The van der Waals surface area contributed by atoms with E-state index < -0.39 is 17.7 Å². The molecule has 0 aliphatic carbocycles. The van der Waals surface area contributed by atoms with E-state index in [1.54, 1.807) is 0 Å². The molecule has 2 rings (SSSR count). The van der Waals surface area contributed by atoms with E-state index in [1.165, 1.54) is 36.4 Å². The lowest BCUT2D eigenvalue weighted by atomic mass is 10.0. The maximum absolute atomic E-state index is 13.7. The molecule has 0 radical (unpaired) electrons. The van der Waals surface area contributed by atoms with Crippen LogP contribution in [-0.4, -0.2) is 5.11 Å². The summed E-state index contributed by atoms with van der Waals surface area (Å²) in [4.78, 5) is 0. The molecule has 88 valence electrons. The summed E-state index contributed by atoms with van der Waals surface area (Å²) in [6.07, 6.45) is -1.23. The SMILES string of the molecule is OC(c1cccc(F)c1)c1cccc(Cl)c1F. The summed E-state index contributed by atoms with van der Waals surface area (Å²) in [5.74, 6) is -1.17. The van der Waals surface area contributed by atoms with Crippen molar-refractivity contribution in [2.24, 2.45) is 0 Å². The van der Waals surface area contributed by atoms with Crippen molar-refractivity contribution in [1.29, 1.82) is 0 Å². The molecule has 0 heterocycles. The first-order chi connectivity index (χ1) is 8.09. The second kappa shape index (κ2) is 4.82. The number of halogens is 3. The second-order valence-electron chi connectivity index (χ2n) is 3.60. The number of aliphatic hydroxyl groups is 1. The molecule has 0 saturated heterocycles. The molecule has 0 bridgehead atoms. The minimum atomic E-state index is -1.23. The van der Waals surface area contributed by atoms with E-state index in [-0.39, 0.29) is 16.1 Å². The molecule has 17 heavy (non-hydrogen) atoms. The fourth-order valence-electron chi connectivity index (χ4n) is 1.59. The summed E-state index contributed by atoms with van der Waals surface area (Å²) in [6, 6.07) is 9.72. The largest absolute Gasteiger partial charge is 0.384 e. The maximum atomic E-state index is 13.7. The fraction of sp³-hybridized carbons (Fsp3) is 0.0769. The predicted octanol–water partition coefficient (Wildman–Crippen LogP) is 3.70. The van der Waals surface area contributed by atoms with Crippen molar-refractivity contribution in [1.82, 2.24) is 0 Å². The molecule has 2 aromatic rings. The Hall–Kier alpha value is -1.45. The van der Waals surface area contributed by atoms with Crippen LogP contribution in [0, 0.1) is 11.6 Å². The molecular formula is C13H9ClF2O. The lowest BCUT2D eigenvalue weighted by Crippen LogP contribution is -2.03. The Labute approximate surface area is 102 Å². The third-order valence-electron chi connectivity index (χ3n) is 2.44. The van der Waals surface area contributed by atoms with Crippen LogP contribution < -0.4 is 0 Å². The number of hydrogen-bond donors (Lipinski definition) is 1. The molecule has 1 unspecified atom stereocenters. The van der Waals surface area contributed by atoms with Crippen LogP contribution in [-0.2, 0) is 0 Å². The zero-order valence-corrected chi connectivity index (χ0v) is 9.46. The van der Waals surface area contributed by atoms with E-state index in [0.29, 0.717) is 0 Å². The van der Waals surface area contributed by atoms with Gasteiger partial charge in [-0.15, -0.1) is 0 Å². The van der Waals surface area contributed by atoms with Gasteiger partial charge in [0.25, 0.3) is 0 Å². The van der Waals surface area contributed by atoms with Gasteiger partial charge in [-0.3, -0.25) is 0 Å². The Bertz CT molecular complexity index is 543. The molecule has 1 nitrogen and oxygen atoms in total. The van der Waals surface area contributed by atoms with Crippen molar-refractivity contribution in [3.05, 3.63) is 70.2 Å². The Balaban J connectivity index is 2.44. The van der Waals surface area contributed by atoms with Gasteiger partial charge in [0.1, 0.15) is 17.7 Å². The van der Waals surface area contributed by atoms with Crippen molar-refractivity contribution in [3.63, 3.8) is 0 Å². The van der Waals surface area contributed by atoms with Crippen molar-refractivity contribution in [2.45, 2.75) is 6.10 Å². The third-order valence-corrected chi connectivity index (χ3v) is 2.73. The van der Waals surface area contributed by atoms with Gasteiger partial charge in [-0.05, 0) is 23.8 Å². The highest BCUT2D eigenvalue weighted by Crippen LogP contribution is 2.28. The van der Waals surface area contributed by atoms with Crippen molar-refractivity contribution in [2.75, 3.05) is 0 Å². The van der Waals surface area contributed by atoms with Gasteiger partial charge < -0.3 is 5.11 Å². The monoisotopic (exact) mass is 254 g/mol. The van der Waals surface area contributed by atoms with Gasteiger partial charge in [0.05, 0.1) is 5.02 Å². The minimum absolute atomic E-state index is 0.0306. The van der Waals surface area contributed by atoms with Gasteiger partial charge >= 0.3 is 0 Å². The zero-order valence-electron chi connectivity index (χ0n) is 8.70. The van der Waals surface area contributed by atoms with Gasteiger partial charge in [0, 0.05) is 5.56 Å².